The van der Waals surface area contributed by atoms with Gasteiger partial charge in [-0.3, -0.25) is 4.79 Å². The summed E-state index contributed by atoms with van der Waals surface area (Å²) in [5, 5.41) is 0. The zero-order chi connectivity index (χ0) is 16.3. The lowest BCUT2D eigenvalue weighted by atomic mass is 10.3. The second-order valence-electron chi connectivity index (χ2n) is 5.72. The van der Waals surface area contributed by atoms with Crippen LogP contribution in [0.2, 0.25) is 0 Å². The van der Waals surface area contributed by atoms with Gasteiger partial charge in [-0.25, -0.2) is 8.42 Å². The van der Waals surface area contributed by atoms with Crippen LogP contribution in [0.4, 0.5) is 0 Å². The van der Waals surface area contributed by atoms with Crippen molar-refractivity contribution in [1.29, 1.82) is 0 Å². The molecule has 0 bridgehead atoms. The van der Waals surface area contributed by atoms with Crippen molar-refractivity contribution in [2.24, 2.45) is 0 Å². The first-order valence-electron chi connectivity index (χ1n) is 7.13. The number of halogens is 1. The average molecular weight is 390 g/mol. The van der Waals surface area contributed by atoms with Gasteiger partial charge in [-0.2, -0.15) is 0 Å². The standard InChI is InChI=1S/C15H20BrNO4S/c1-11(10-22(2,19)20)17(13-5-6-13)15(18)9-21-14-7-3-12(16)4-8-14/h3-4,7-8,11,13H,5-6,9-10H2,1-2H3. The third-order valence-corrected chi connectivity index (χ3v) is 5.04. The fourth-order valence-corrected chi connectivity index (χ4v) is 3.73. The van der Waals surface area contributed by atoms with Crippen molar-refractivity contribution in [1.82, 2.24) is 4.90 Å². The minimum absolute atomic E-state index is 0.0203. The monoisotopic (exact) mass is 389 g/mol. The van der Waals surface area contributed by atoms with Gasteiger partial charge in [0.2, 0.25) is 0 Å². The molecule has 1 unspecified atom stereocenters. The third kappa shape index (κ3) is 5.28. The minimum atomic E-state index is -3.12. The number of nitrogens with zero attached hydrogens (tertiary/aromatic N) is 1. The van der Waals surface area contributed by atoms with Gasteiger partial charge in [0.15, 0.2) is 6.61 Å². The van der Waals surface area contributed by atoms with Crippen LogP contribution in [0.3, 0.4) is 0 Å². The van der Waals surface area contributed by atoms with E-state index in [9.17, 15) is 13.2 Å². The van der Waals surface area contributed by atoms with Gasteiger partial charge in [0, 0.05) is 22.8 Å². The Bertz CT molecular complexity index is 625. The molecule has 1 fully saturated rings. The van der Waals surface area contributed by atoms with Crippen LogP contribution in [-0.4, -0.2) is 49.9 Å². The molecule has 0 N–H and O–H groups in total. The third-order valence-electron chi connectivity index (χ3n) is 3.42. The Kier molecular flexibility index (Phi) is 5.50. The number of hydrogen-bond donors (Lipinski definition) is 0. The van der Waals surface area contributed by atoms with Crippen LogP contribution in [0.5, 0.6) is 5.75 Å². The van der Waals surface area contributed by atoms with Crippen molar-refractivity contribution in [2.45, 2.75) is 31.8 Å². The molecule has 2 rings (SSSR count). The molecule has 1 atom stereocenters. The number of carbonyl (C=O) groups is 1. The molecule has 122 valence electrons. The molecule has 1 aliphatic carbocycles. The number of rotatable bonds is 7. The summed E-state index contributed by atoms with van der Waals surface area (Å²) in [6.07, 6.45) is 3.05. The van der Waals surface area contributed by atoms with E-state index in [1.54, 1.807) is 24.0 Å². The molecule has 0 saturated heterocycles. The topological polar surface area (TPSA) is 63.7 Å². The van der Waals surface area contributed by atoms with Gasteiger partial charge in [-0.15, -0.1) is 0 Å². The Morgan fingerprint density at radius 2 is 1.95 bits per heavy atom. The highest BCUT2D eigenvalue weighted by atomic mass is 79.9. The first-order valence-corrected chi connectivity index (χ1v) is 9.99. The molecule has 0 radical (unpaired) electrons. The van der Waals surface area contributed by atoms with Gasteiger partial charge >= 0.3 is 0 Å². The van der Waals surface area contributed by atoms with E-state index in [-0.39, 0.29) is 30.4 Å². The fraction of sp³-hybridized carbons (Fsp3) is 0.533. The number of carbonyl (C=O) groups excluding carboxylic acids is 1. The molecule has 0 aliphatic heterocycles. The second kappa shape index (κ2) is 7.00. The van der Waals surface area contributed by atoms with Gasteiger partial charge in [0.25, 0.3) is 5.91 Å². The Hall–Kier alpha value is -1.08. The van der Waals surface area contributed by atoms with Gasteiger partial charge in [-0.05, 0) is 44.0 Å². The van der Waals surface area contributed by atoms with Crippen molar-refractivity contribution in [3.63, 3.8) is 0 Å². The summed E-state index contributed by atoms with van der Waals surface area (Å²) in [5.74, 6) is 0.428. The summed E-state index contributed by atoms with van der Waals surface area (Å²) in [5.41, 5.74) is 0. The normalized spacial score (nSPS) is 16.1. The van der Waals surface area contributed by atoms with E-state index in [0.29, 0.717) is 5.75 Å². The Labute approximate surface area is 139 Å². The zero-order valence-corrected chi connectivity index (χ0v) is 15.1. The van der Waals surface area contributed by atoms with Crippen LogP contribution in [0.1, 0.15) is 19.8 Å². The zero-order valence-electron chi connectivity index (χ0n) is 12.7. The Morgan fingerprint density at radius 3 is 2.45 bits per heavy atom. The van der Waals surface area contributed by atoms with Crippen molar-refractivity contribution >= 4 is 31.7 Å². The molecule has 22 heavy (non-hydrogen) atoms. The molecule has 0 aromatic heterocycles. The summed E-state index contributed by atoms with van der Waals surface area (Å²) in [6.45, 7) is 1.70. The highest BCUT2D eigenvalue weighted by Crippen LogP contribution is 2.29. The predicted octanol–water partition coefficient (Wildman–Crippen LogP) is 2.25. The van der Waals surface area contributed by atoms with Gasteiger partial charge in [0.05, 0.1) is 5.75 Å². The second-order valence-corrected chi connectivity index (χ2v) is 8.82. The van der Waals surface area contributed by atoms with Gasteiger partial charge in [-0.1, -0.05) is 15.9 Å². The average Bonchev–Trinajstić information content (AvgIpc) is 3.20. The summed E-state index contributed by atoms with van der Waals surface area (Å²) in [7, 11) is -3.12. The van der Waals surface area contributed by atoms with E-state index < -0.39 is 9.84 Å². The summed E-state index contributed by atoms with van der Waals surface area (Å²) in [4.78, 5) is 14.1. The number of benzene rings is 1. The predicted molar refractivity (Wildman–Crippen MR) is 88.7 cm³/mol. The van der Waals surface area contributed by atoms with Crippen LogP contribution in [-0.2, 0) is 14.6 Å². The molecule has 1 aromatic rings. The van der Waals surface area contributed by atoms with E-state index in [0.717, 1.165) is 17.3 Å². The van der Waals surface area contributed by atoms with E-state index >= 15 is 0 Å². The van der Waals surface area contributed by atoms with Crippen LogP contribution in [0.25, 0.3) is 0 Å². The lowest BCUT2D eigenvalue weighted by molar-refractivity contribution is -0.135. The summed E-state index contributed by atoms with van der Waals surface area (Å²) >= 11 is 3.34. The van der Waals surface area contributed by atoms with Crippen LogP contribution < -0.4 is 4.74 Å². The first kappa shape index (κ1) is 17.3. The molecular formula is C15H20BrNO4S. The van der Waals surface area contributed by atoms with Crippen LogP contribution >= 0.6 is 15.9 Å². The molecule has 1 amide bonds. The smallest absolute Gasteiger partial charge is 0.261 e. The highest BCUT2D eigenvalue weighted by molar-refractivity contribution is 9.10. The molecular weight excluding hydrogens is 370 g/mol. The van der Waals surface area contributed by atoms with Crippen LogP contribution in [0, 0.1) is 0 Å². The van der Waals surface area contributed by atoms with E-state index in [2.05, 4.69) is 15.9 Å². The van der Waals surface area contributed by atoms with Gasteiger partial charge < -0.3 is 9.64 Å². The Morgan fingerprint density at radius 1 is 1.36 bits per heavy atom. The van der Waals surface area contributed by atoms with Crippen molar-refractivity contribution in [3.8, 4) is 5.75 Å². The van der Waals surface area contributed by atoms with E-state index in [1.165, 1.54) is 6.26 Å². The van der Waals surface area contributed by atoms with Gasteiger partial charge in [0.1, 0.15) is 15.6 Å². The van der Waals surface area contributed by atoms with E-state index in [1.807, 2.05) is 12.1 Å². The molecule has 0 spiro atoms. The number of hydrogen-bond acceptors (Lipinski definition) is 4. The molecule has 0 heterocycles. The lowest BCUT2D eigenvalue weighted by Gasteiger charge is -2.28. The number of ether oxygens (including phenoxy) is 1. The SMILES string of the molecule is CC(CS(C)(=O)=O)N(C(=O)COc1ccc(Br)cc1)C1CC1. The maximum atomic E-state index is 12.4. The summed E-state index contributed by atoms with van der Waals surface area (Å²) in [6, 6.07) is 7.05. The molecule has 7 heteroatoms. The summed E-state index contributed by atoms with van der Waals surface area (Å²) < 4.78 is 29.3. The molecule has 1 aromatic carbocycles. The number of amides is 1. The fourth-order valence-electron chi connectivity index (χ4n) is 2.43. The van der Waals surface area contributed by atoms with Crippen molar-refractivity contribution < 1.29 is 17.9 Å². The first-order chi connectivity index (χ1) is 10.3. The van der Waals surface area contributed by atoms with Crippen molar-refractivity contribution in [3.05, 3.63) is 28.7 Å². The largest absolute Gasteiger partial charge is 0.484 e. The maximum absolute atomic E-state index is 12.4. The Balaban J connectivity index is 1.96. The molecule has 1 aliphatic rings. The van der Waals surface area contributed by atoms with Crippen LogP contribution in [0.15, 0.2) is 28.7 Å². The highest BCUT2D eigenvalue weighted by Gasteiger charge is 2.36. The minimum Gasteiger partial charge on any atom is -0.484 e. The van der Waals surface area contributed by atoms with Crippen molar-refractivity contribution in [2.75, 3.05) is 18.6 Å². The maximum Gasteiger partial charge on any atom is 0.261 e. The quantitative estimate of drug-likeness (QED) is 0.717. The van der Waals surface area contributed by atoms with E-state index in [4.69, 9.17) is 4.74 Å². The molecule has 1 saturated carbocycles. The number of sulfone groups is 1. The lowest BCUT2D eigenvalue weighted by Crippen LogP contribution is -2.45. The molecule has 5 nitrogen and oxygen atoms in total.